The Hall–Kier alpha value is -1.14. The quantitative estimate of drug-likeness (QED) is 0.808. The predicted molar refractivity (Wildman–Crippen MR) is 64.1 cm³/mol. The first kappa shape index (κ1) is 12.9. The van der Waals surface area contributed by atoms with E-state index >= 15 is 0 Å². The molecule has 0 bridgehead atoms. The third-order valence-electron chi connectivity index (χ3n) is 2.05. The van der Waals surface area contributed by atoms with Crippen molar-refractivity contribution in [2.24, 2.45) is 0 Å². The highest BCUT2D eigenvalue weighted by Crippen LogP contribution is 2.12. The van der Waals surface area contributed by atoms with Crippen molar-refractivity contribution >= 4 is 23.5 Å². The first-order valence-electron chi connectivity index (χ1n) is 5.04. The molecule has 1 rings (SSSR count). The summed E-state index contributed by atoms with van der Waals surface area (Å²) >= 11 is 5.80. The normalized spacial score (nSPS) is 10.2. The minimum absolute atomic E-state index is 0.185. The van der Waals surface area contributed by atoms with Crippen LogP contribution in [-0.2, 0) is 4.74 Å². The van der Waals surface area contributed by atoms with Gasteiger partial charge in [0.1, 0.15) is 0 Å². The number of nitrogens with one attached hydrogen (secondary N) is 1. The maximum atomic E-state index is 5.80. The highest BCUT2D eigenvalue weighted by Gasteiger charge is 2.10. The number of halogens is 1. The summed E-state index contributed by atoms with van der Waals surface area (Å²) in [5.41, 5.74) is 0. The molecule has 0 aliphatic carbocycles. The number of likely N-dealkylation sites (N-methyl/N-ethyl adjacent to an activating group) is 1. The van der Waals surface area contributed by atoms with Gasteiger partial charge in [0.05, 0.1) is 6.61 Å². The third kappa shape index (κ3) is 3.46. The zero-order valence-corrected chi connectivity index (χ0v) is 10.5. The molecule has 0 radical (unpaired) electrons. The second kappa shape index (κ2) is 6.44. The lowest BCUT2D eigenvalue weighted by molar-refractivity contribution is 0.205. The van der Waals surface area contributed by atoms with Crippen LogP contribution in [-0.4, -0.2) is 48.8 Å². The van der Waals surface area contributed by atoms with E-state index in [0.29, 0.717) is 18.5 Å². The number of ether oxygens (including phenoxy) is 1. The minimum atomic E-state index is 0.185. The summed E-state index contributed by atoms with van der Waals surface area (Å²) in [5.74, 6) is 1.02. The molecule has 90 valence electrons. The van der Waals surface area contributed by atoms with Crippen LogP contribution in [0.2, 0.25) is 5.28 Å². The summed E-state index contributed by atoms with van der Waals surface area (Å²) in [6, 6.07) is 0. The van der Waals surface area contributed by atoms with Gasteiger partial charge >= 0.3 is 0 Å². The average molecular weight is 246 g/mol. The van der Waals surface area contributed by atoms with Gasteiger partial charge in [-0.25, -0.2) is 0 Å². The standard InChI is InChI=1S/C9H16ClN5O/c1-4-15(5-6-16-3)9-13-7(10)12-8(11-2)14-9/h4-6H2,1-3H3,(H,11,12,13,14). The summed E-state index contributed by atoms with van der Waals surface area (Å²) in [5, 5.41) is 3.02. The lowest BCUT2D eigenvalue weighted by Crippen LogP contribution is -2.29. The second-order valence-electron chi connectivity index (χ2n) is 3.05. The summed E-state index contributed by atoms with van der Waals surface area (Å²) in [4.78, 5) is 14.2. The molecule has 7 heteroatoms. The topological polar surface area (TPSA) is 63.2 Å². The monoisotopic (exact) mass is 245 g/mol. The van der Waals surface area contributed by atoms with E-state index in [4.69, 9.17) is 16.3 Å². The van der Waals surface area contributed by atoms with E-state index in [-0.39, 0.29) is 5.28 Å². The molecule has 0 aliphatic rings. The molecule has 0 fully saturated rings. The van der Waals surface area contributed by atoms with Crippen LogP contribution < -0.4 is 10.2 Å². The molecule has 0 spiro atoms. The lowest BCUT2D eigenvalue weighted by Gasteiger charge is -2.20. The number of aromatic nitrogens is 3. The average Bonchev–Trinajstić information content (AvgIpc) is 2.29. The van der Waals surface area contributed by atoms with Gasteiger partial charge in [-0.2, -0.15) is 15.0 Å². The van der Waals surface area contributed by atoms with Gasteiger partial charge in [-0.05, 0) is 18.5 Å². The molecule has 0 saturated heterocycles. The smallest absolute Gasteiger partial charge is 0.231 e. The van der Waals surface area contributed by atoms with E-state index in [1.807, 2.05) is 11.8 Å². The number of methoxy groups -OCH3 is 1. The van der Waals surface area contributed by atoms with Crippen molar-refractivity contribution in [2.75, 3.05) is 44.1 Å². The van der Waals surface area contributed by atoms with Gasteiger partial charge in [-0.1, -0.05) is 0 Å². The van der Waals surface area contributed by atoms with Crippen LogP contribution in [0.4, 0.5) is 11.9 Å². The highest BCUT2D eigenvalue weighted by molar-refractivity contribution is 6.28. The zero-order chi connectivity index (χ0) is 12.0. The Kier molecular flexibility index (Phi) is 5.21. The summed E-state index contributed by atoms with van der Waals surface area (Å²) in [6.45, 7) is 4.14. The zero-order valence-electron chi connectivity index (χ0n) is 9.70. The SMILES string of the molecule is CCN(CCOC)c1nc(Cl)nc(NC)n1. The van der Waals surface area contributed by atoms with Crippen LogP contribution in [0.3, 0.4) is 0 Å². The number of hydrogen-bond acceptors (Lipinski definition) is 6. The molecule has 1 heterocycles. The van der Waals surface area contributed by atoms with Gasteiger partial charge in [0.2, 0.25) is 17.2 Å². The molecule has 0 saturated carbocycles. The van der Waals surface area contributed by atoms with Crippen LogP contribution in [0, 0.1) is 0 Å². The van der Waals surface area contributed by atoms with Gasteiger partial charge in [-0.15, -0.1) is 0 Å². The molecule has 1 N–H and O–H groups in total. The first-order chi connectivity index (χ1) is 7.71. The number of anilines is 2. The van der Waals surface area contributed by atoms with Gasteiger partial charge < -0.3 is 15.0 Å². The van der Waals surface area contributed by atoms with E-state index in [0.717, 1.165) is 13.1 Å². The van der Waals surface area contributed by atoms with Crippen molar-refractivity contribution in [1.29, 1.82) is 0 Å². The summed E-state index contributed by atoms with van der Waals surface area (Å²) < 4.78 is 5.02. The van der Waals surface area contributed by atoms with E-state index < -0.39 is 0 Å². The van der Waals surface area contributed by atoms with Crippen LogP contribution in [0.1, 0.15) is 6.92 Å². The van der Waals surface area contributed by atoms with Gasteiger partial charge in [0.15, 0.2) is 0 Å². The molecule has 6 nitrogen and oxygen atoms in total. The molecule has 0 amide bonds. The molecule has 1 aromatic rings. The van der Waals surface area contributed by atoms with E-state index in [1.54, 1.807) is 14.2 Å². The molecule has 0 aliphatic heterocycles. The van der Waals surface area contributed by atoms with E-state index in [1.165, 1.54) is 0 Å². The lowest BCUT2D eigenvalue weighted by atomic mass is 10.5. The fourth-order valence-corrected chi connectivity index (χ4v) is 1.35. The fourth-order valence-electron chi connectivity index (χ4n) is 1.19. The molecule has 0 aromatic carbocycles. The van der Waals surface area contributed by atoms with E-state index in [2.05, 4.69) is 20.3 Å². The van der Waals surface area contributed by atoms with Crippen molar-refractivity contribution in [3.63, 3.8) is 0 Å². The Morgan fingerprint density at radius 2 is 2.12 bits per heavy atom. The molecular weight excluding hydrogens is 230 g/mol. The Morgan fingerprint density at radius 3 is 2.69 bits per heavy atom. The molecule has 0 atom stereocenters. The predicted octanol–water partition coefficient (Wildman–Crippen LogP) is 1.04. The second-order valence-corrected chi connectivity index (χ2v) is 3.39. The van der Waals surface area contributed by atoms with E-state index in [9.17, 15) is 0 Å². The number of rotatable bonds is 6. The fraction of sp³-hybridized carbons (Fsp3) is 0.667. The Bertz CT molecular complexity index is 336. The third-order valence-corrected chi connectivity index (χ3v) is 2.22. The van der Waals surface area contributed by atoms with Crippen LogP contribution in [0.5, 0.6) is 0 Å². The van der Waals surface area contributed by atoms with Crippen molar-refractivity contribution < 1.29 is 4.74 Å². The minimum Gasteiger partial charge on any atom is -0.383 e. The van der Waals surface area contributed by atoms with Crippen molar-refractivity contribution in [2.45, 2.75) is 6.92 Å². The molecule has 16 heavy (non-hydrogen) atoms. The maximum absolute atomic E-state index is 5.80. The molecule has 1 aromatic heterocycles. The van der Waals surface area contributed by atoms with Gasteiger partial charge in [0.25, 0.3) is 0 Å². The van der Waals surface area contributed by atoms with Crippen LogP contribution in [0.25, 0.3) is 0 Å². The first-order valence-corrected chi connectivity index (χ1v) is 5.42. The van der Waals surface area contributed by atoms with Gasteiger partial charge in [-0.3, -0.25) is 0 Å². The molecular formula is C9H16ClN5O. The number of nitrogens with zero attached hydrogens (tertiary/aromatic N) is 4. The summed E-state index contributed by atoms with van der Waals surface area (Å²) in [6.07, 6.45) is 0. The largest absolute Gasteiger partial charge is 0.383 e. The van der Waals surface area contributed by atoms with Crippen molar-refractivity contribution in [3.8, 4) is 0 Å². The van der Waals surface area contributed by atoms with Crippen molar-refractivity contribution in [1.82, 2.24) is 15.0 Å². The molecule has 0 unspecified atom stereocenters. The maximum Gasteiger partial charge on any atom is 0.231 e. The Balaban J connectivity index is 2.86. The Morgan fingerprint density at radius 1 is 1.38 bits per heavy atom. The van der Waals surface area contributed by atoms with Crippen LogP contribution >= 0.6 is 11.6 Å². The van der Waals surface area contributed by atoms with Gasteiger partial charge in [0, 0.05) is 27.2 Å². The summed E-state index contributed by atoms with van der Waals surface area (Å²) in [7, 11) is 3.40. The highest BCUT2D eigenvalue weighted by atomic mass is 35.5. The Labute approximate surface area is 100 Å². The van der Waals surface area contributed by atoms with Crippen LogP contribution in [0.15, 0.2) is 0 Å². The van der Waals surface area contributed by atoms with Crippen molar-refractivity contribution in [3.05, 3.63) is 5.28 Å². The number of hydrogen-bond donors (Lipinski definition) is 1.